The number of benzene rings is 3. The lowest BCUT2D eigenvalue weighted by atomic mass is 10.1. The lowest BCUT2D eigenvalue weighted by molar-refractivity contribution is -0.115. The summed E-state index contributed by atoms with van der Waals surface area (Å²) in [6.07, 6.45) is 2.03. The smallest absolute Gasteiger partial charge is 0.247 e. The molecule has 5 aromatic rings. The second-order valence-electron chi connectivity index (χ2n) is 8.24. The van der Waals surface area contributed by atoms with E-state index in [-0.39, 0.29) is 18.1 Å². The number of nitrogens with one attached hydrogen (secondary N) is 2. The highest BCUT2D eigenvalue weighted by Crippen LogP contribution is 2.28. The molecule has 0 atom stereocenters. The van der Waals surface area contributed by atoms with E-state index in [0.717, 1.165) is 16.7 Å². The third-order valence-electron chi connectivity index (χ3n) is 5.69. The number of hydrogen-bond acceptors (Lipinski definition) is 6. The van der Waals surface area contributed by atoms with Crippen LogP contribution in [0.2, 0.25) is 0 Å². The Bertz CT molecular complexity index is 1620. The van der Waals surface area contributed by atoms with Crippen LogP contribution in [0.3, 0.4) is 0 Å². The maximum Gasteiger partial charge on any atom is 0.247 e. The quantitative estimate of drug-likeness (QED) is 0.318. The van der Waals surface area contributed by atoms with Crippen molar-refractivity contribution >= 4 is 28.9 Å². The van der Waals surface area contributed by atoms with Crippen LogP contribution in [0.15, 0.2) is 85.1 Å². The van der Waals surface area contributed by atoms with E-state index in [1.165, 1.54) is 19.2 Å². The van der Waals surface area contributed by atoms with E-state index in [4.69, 9.17) is 10.00 Å². The van der Waals surface area contributed by atoms with Crippen LogP contribution in [-0.4, -0.2) is 27.6 Å². The van der Waals surface area contributed by atoms with E-state index < -0.39 is 0 Å². The maximum atomic E-state index is 13.1. The van der Waals surface area contributed by atoms with Gasteiger partial charge in [0.25, 0.3) is 0 Å². The summed E-state index contributed by atoms with van der Waals surface area (Å²) in [6.45, 7) is 0. The number of anilines is 3. The van der Waals surface area contributed by atoms with Gasteiger partial charge in [-0.05, 0) is 59.7 Å². The van der Waals surface area contributed by atoms with Crippen LogP contribution in [0.4, 0.5) is 21.7 Å². The minimum Gasteiger partial charge on any atom is -0.495 e. The van der Waals surface area contributed by atoms with Crippen molar-refractivity contribution in [2.45, 2.75) is 6.42 Å². The first-order chi connectivity index (χ1) is 18.0. The number of rotatable bonds is 7. The molecule has 0 saturated heterocycles. The van der Waals surface area contributed by atoms with Crippen molar-refractivity contribution in [1.82, 2.24) is 14.6 Å². The van der Waals surface area contributed by atoms with Gasteiger partial charge in [-0.1, -0.05) is 24.3 Å². The van der Waals surface area contributed by atoms with Crippen LogP contribution in [0, 0.1) is 17.1 Å². The van der Waals surface area contributed by atoms with Gasteiger partial charge in [0.15, 0.2) is 5.65 Å². The van der Waals surface area contributed by atoms with Crippen molar-refractivity contribution < 1.29 is 13.9 Å². The van der Waals surface area contributed by atoms with E-state index in [1.54, 1.807) is 34.8 Å². The molecule has 1 amide bonds. The molecule has 2 aromatic heterocycles. The van der Waals surface area contributed by atoms with Crippen molar-refractivity contribution in [2.75, 3.05) is 17.7 Å². The Hall–Kier alpha value is -5.23. The predicted octanol–water partition coefficient (Wildman–Crippen LogP) is 5.34. The first-order valence-electron chi connectivity index (χ1n) is 11.4. The second kappa shape index (κ2) is 10.2. The number of carbonyl (C=O) groups excluding carboxylic acids is 1. The largest absolute Gasteiger partial charge is 0.495 e. The highest BCUT2D eigenvalue weighted by atomic mass is 19.1. The van der Waals surface area contributed by atoms with Gasteiger partial charge in [-0.15, -0.1) is 5.10 Å². The number of nitrogens with zero attached hydrogens (tertiary/aromatic N) is 4. The first-order valence-corrected chi connectivity index (χ1v) is 11.4. The fourth-order valence-electron chi connectivity index (χ4n) is 3.83. The number of halogens is 1. The third kappa shape index (κ3) is 5.39. The van der Waals surface area contributed by atoms with Gasteiger partial charge in [0, 0.05) is 23.5 Å². The molecule has 0 aliphatic rings. The zero-order valence-corrected chi connectivity index (χ0v) is 19.8. The number of ether oxygens (including phenoxy) is 1. The third-order valence-corrected chi connectivity index (χ3v) is 5.69. The van der Waals surface area contributed by atoms with Crippen LogP contribution < -0.4 is 15.4 Å². The van der Waals surface area contributed by atoms with Crippen LogP contribution in [0.25, 0.3) is 16.8 Å². The van der Waals surface area contributed by atoms with Crippen LogP contribution in [0.5, 0.6) is 5.75 Å². The van der Waals surface area contributed by atoms with Gasteiger partial charge in [-0.3, -0.25) is 4.79 Å². The molecule has 0 bridgehead atoms. The van der Waals surface area contributed by atoms with Gasteiger partial charge < -0.3 is 15.4 Å². The normalized spacial score (nSPS) is 10.6. The minimum atomic E-state index is -0.331. The molecule has 9 heteroatoms. The summed E-state index contributed by atoms with van der Waals surface area (Å²) in [5, 5.41) is 19.6. The highest BCUT2D eigenvalue weighted by Gasteiger charge is 2.10. The fraction of sp³-hybridized carbons (Fsp3) is 0.0714. The van der Waals surface area contributed by atoms with Gasteiger partial charge in [0.2, 0.25) is 11.9 Å². The number of amides is 1. The number of nitriles is 1. The van der Waals surface area contributed by atoms with E-state index in [9.17, 15) is 9.18 Å². The number of carbonyl (C=O) groups is 1. The molecule has 0 fully saturated rings. The number of methoxy groups -OCH3 is 1. The Balaban J connectivity index is 1.28. The number of pyridine rings is 1. The zero-order valence-electron chi connectivity index (χ0n) is 19.8. The maximum absolute atomic E-state index is 13.1. The molecule has 3 aromatic carbocycles. The predicted molar refractivity (Wildman–Crippen MR) is 138 cm³/mol. The van der Waals surface area contributed by atoms with E-state index in [2.05, 4.69) is 26.8 Å². The number of fused-ring (bicyclic) bond motifs is 1. The van der Waals surface area contributed by atoms with Gasteiger partial charge in [-0.2, -0.15) is 10.2 Å². The van der Waals surface area contributed by atoms with Crippen molar-refractivity contribution in [3.8, 4) is 22.9 Å². The van der Waals surface area contributed by atoms with Crippen molar-refractivity contribution in [3.63, 3.8) is 0 Å². The van der Waals surface area contributed by atoms with Gasteiger partial charge in [0.1, 0.15) is 11.6 Å². The molecule has 5 rings (SSSR count). The number of aromatic nitrogens is 3. The van der Waals surface area contributed by atoms with E-state index in [0.29, 0.717) is 34.3 Å². The summed E-state index contributed by atoms with van der Waals surface area (Å²) >= 11 is 0. The van der Waals surface area contributed by atoms with E-state index in [1.807, 2.05) is 42.6 Å². The Morgan fingerprint density at radius 2 is 1.78 bits per heavy atom. The van der Waals surface area contributed by atoms with Gasteiger partial charge >= 0.3 is 0 Å². The summed E-state index contributed by atoms with van der Waals surface area (Å²) in [5.74, 6) is 0.396. The molecule has 182 valence electrons. The first kappa shape index (κ1) is 23.5. The summed E-state index contributed by atoms with van der Waals surface area (Å²) in [4.78, 5) is 16.8. The fourth-order valence-corrected chi connectivity index (χ4v) is 3.83. The van der Waals surface area contributed by atoms with Crippen molar-refractivity contribution in [3.05, 3.63) is 102 Å². The minimum absolute atomic E-state index is 0.162. The van der Waals surface area contributed by atoms with Crippen LogP contribution >= 0.6 is 0 Å². The Morgan fingerprint density at radius 3 is 2.51 bits per heavy atom. The van der Waals surface area contributed by atoms with E-state index >= 15 is 0 Å². The Labute approximate surface area is 212 Å². The average molecular weight is 493 g/mol. The Kier molecular flexibility index (Phi) is 6.46. The molecule has 0 saturated carbocycles. The molecule has 0 aliphatic carbocycles. The number of hydrogen-bond donors (Lipinski definition) is 2. The molecule has 8 nitrogen and oxygen atoms in total. The van der Waals surface area contributed by atoms with Gasteiger partial charge in [-0.25, -0.2) is 8.91 Å². The summed E-state index contributed by atoms with van der Waals surface area (Å²) in [7, 11) is 1.54. The lowest BCUT2D eigenvalue weighted by Crippen LogP contribution is -2.14. The lowest BCUT2D eigenvalue weighted by Gasteiger charge is -2.08. The molecule has 37 heavy (non-hydrogen) atoms. The second-order valence-corrected chi connectivity index (χ2v) is 8.24. The molecular formula is C28H21FN6O2. The Morgan fingerprint density at radius 1 is 1.03 bits per heavy atom. The highest BCUT2D eigenvalue weighted by molar-refractivity contribution is 5.92. The summed E-state index contributed by atoms with van der Waals surface area (Å²) < 4.78 is 20.1. The summed E-state index contributed by atoms with van der Waals surface area (Å²) in [6, 6.07) is 24.3. The van der Waals surface area contributed by atoms with Crippen LogP contribution in [-0.2, 0) is 11.2 Å². The van der Waals surface area contributed by atoms with Crippen molar-refractivity contribution in [1.29, 1.82) is 5.26 Å². The molecule has 0 aliphatic heterocycles. The summed E-state index contributed by atoms with van der Waals surface area (Å²) in [5.41, 5.74) is 5.07. The topological polar surface area (TPSA) is 104 Å². The van der Waals surface area contributed by atoms with Gasteiger partial charge in [0.05, 0.1) is 30.9 Å². The molecule has 2 N–H and O–H groups in total. The SMILES string of the molecule is COc1cc(C#N)ccc1Nc1nc2ccc(-c3ccc(NC(=O)Cc4ccc(F)cc4)cc3)cn2n1. The van der Waals surface area contributed by atoms with Crippen LogP contribution in [0.1, 0.15) is 11.1 Å². The molecule has 0 unspecified atom stereocenters. The molecular weight excluding hydrogens is 471 g/mol. The molecule has 0 radical (unpaired) electrons. The average Bonchev–Trinajstić information content (AvgIpc) is 3.32. The molecule has 0 spiro atoms. The van der Waals surface area contributed by atoms with Crippen molar-refractivity contribution in [2.24, 2.45) is 0 Å². The standard InChI is InChI=1S/C28H21FN6O2/c1-37-25-14-19(16-30)4-12-24(25)32-28-33-26-13-7-21(17-35(26)34-28)20-5-10-23(11-6-20)31-27(36)15-18-2-8-22(29)9-3-18/h2-14,17H,15H2,1H3,(H,31,36)(H,32,34). The monoisotopic (exact) mass is 492 g/mol. The zero-order chi connectivity index (χ0) is 25.8. The molecule has 2 heterocycles.